The van der Waals surface area contributed by atoms with Crippen LogP contribution < -0.4 is 26.8 Å². The van der Waals surface area contributed by atoms with E-state index in [4.69, 9.17) is 16.0 Å². The minimum atomic E-state index is -0.659. The maximum absolute atomic E-state index is 12.4. The molecule has 1 amide bonds. The van der Waals surface area contributed by atoms with Crippen molar-refractivity contribution in [2.75, 3.05) is 10.6 Å². The van der Waals surface area contributed by atoms with Gasteiger partial charge in [0.1, 0.15) is 22.9 Å². The summed E-state index contributed by atoms with van der Waals surface area (Å²) in [6, 6.07) is 6.77. The number of aryl methyl sites for hydroxylation is 1. The van der Waals surface area contributed by atoms with Crippen LogP contribution >= 0.6 is 11.6 Å². The zero-order valence-corrected chi connectivity index (χ0v) is 17.9. The van der Waals surface area contributed by atoms with E-state index >= 15 is 0 Å². The van der Waals surface area contributed by atoms with Gasteiger partial charge in [0.25, 0.3) is 16.8 Å². The average molecular weight is 428 g/mol. The quantitative estimate of drug-likeness (QED) is 0.531. The van der Waals surface area contributed by atoms with Gasteiger partial charge in [-0.1, -0.05) is 38.4 Å². The lowest BCUT2D eigenvalue weighted by Gasteiger charge is -2.31. The molecular weight excluding hydrogens is 406 g/mol. The Morgan fingerprint density at radius 2 is 1.73 bits per heavy atom. The maximum atomic E-state index is 12.4. The lowest BCUT2D eigenvalue weighted by atomic mass is 9.85. The predicted octanol–water partition coefficient (Wildman–Crippen LogP) is 4.02. The minimum Gasteiger partial charge on any atom is -0.464 e. The van der Waals surface area contributed by atoms with Crippen LogP contribution in [0.1, 0.15) is 54.3 Å². The van der Waals surface area contributed by atoms with E-state index in [9.17, 15) is 14.4 Å². The first-order valence-corrected chi connectivity index (χ1v) is 9.98. The molecule has 4 rings (SSSR count). The molecular formula is C22H22ClN3O4. The highest BCUT2D eigenvalue weighted by atomic mass is 35.5. The lowest BCUT2D eigenvalue weighted by Crippen LogP contribution is -2.39. The molecule has 0 bridgehead atoms. The van der Waals surface area contributed by atoms with E-state index in [1.165, 1.54) is 0 Å². The first-order chi connectivity index (χ1) is 14.1. The second-order valence-corrected chi connectivity index (χ2v) is 8.97. The van der Waals surface area contributed by atoms with Gasteiger partial charge in [0.2, 0.25) is 0 Å². The van der Waals surface area contributed by atoms with Crippen LogP contribution in [-0.4, -0.2) is 5.91 Å². The van der Waals surface area contributed by atoms with Crippen molar-refractivity contribution in [3.05, 3.63) is 72.4 Å². The maximum Gasteiger partial charge on any atom is 0.254 e. The summed E-state index contributed by atoms with van der Waals surface area (Å²) in [7, 11) is 0. The third-order valence-electron chi connectivity index (χ3n) is 5.27. The van der Waals surface area contributed by atoms with E-state index in [1.807, 2.05) is 39.8 Å². The highest BCUT2D eigenvalue weighted by Gasteiger charge is 2.34. The smallest absolute Gasteiger partial charge is 0.254 e. The second kappa shape index (κ2) is 7.02. The predicted molar refractivity (Wildman–Crippen MR) is 117 cm³/mol. The number of rotatable bonds is 5. The van der Waals surface area contributed by atoms with Gasteiger partial charge in [-0.2, -0.15) is 0 Å². The molecule has 0 unspecified atom stereocenters. The molecule has 0 saturated carbocycles. The van der Waals surface area contributed by atoms with Gasteiger partial charge in [-0.15, -0.1) is 0 Å². The van der Waals surface area contributed by atoms with E-state index in [0.29, 0.717) is 28.6 Å². The van der Waals surface area contributed by atoms with Crippen LogP contribution in [0.15, 0.2) is 38.3 Å². The molecule has 7 nitrogen and oxygen atoms in total. The van der Waals surface area contributed by atoms with Crippen LogP contribution in [0.4, 0.5) is 17.1 Å². The van der Waals surface area contributed by atoms with Crippen molar-refractivity contribution in [3.8, 4) is 0 Å². The molecule has 2 aromatic carbocycles. The molecule has 0 fully saturated rings. The van der Waals surface area contributed by atoms with Crippen LogP contribution in [-0.2, 0) is 6.54 Å². The summed E-state index contributed by atoms with van der Waals surface area (Å²) in [5, 5.41) is 9.15. The Kier molecular flexibility index (Phi) is 4.73. The number of hydrogen-bond acceptors (Lipinski definition) is 6. The topological polar surface area (TPSA) is 100 Å². The highest BCUT2D eigenvalue weighted by Crippen LogP contribution is 2.39. The summed E-state index contributed by atoms with van der Waals surface area (Å²) in [5.74, 6) is 1.14. The van der Waals surface area contributed by atoms with Crippen molar-refractivity contribution in [1.29, 1.82) is 0 Å². The molecule has 1 atom stereocenters. The normalized spacial score (nSPS) is 14.5. The summed E-state index contributed by atoms with van der Waals surface area (Å²) in [6.07, 6.45) is 0. The van der Waals surface area contributed by atoms with Gasteiger partial charge < -0.3 is 20.4 Å². The summed E-state index contributed by atoms with van der Waals surface area (Å²) in [6.45, 7) is 8.25. The van der Waals surface area contributed by atoms with Gasteiger partial charge >= 0.3 is 0 Å². The monoisotopic (exact) mass is 427 g/mol. The van der Waals surface area contributed by atoms with E-state index in [1.54, 1.807) is 12.1 Å². The largest absolute Gasteiger partial charge is 0.464 e. The molecule has 0 aliphatic carbocycles. The van der Waals surface area contributed by atoms with Gasteiger partial charge in [0.05, 0.1) is 22.3 Å². The molecule has 0 saturated heterocycles. The third-order valence-corrected chi connectivity index (χ3v) is 5.58. The van der Waals surface area contributed by atoms with Crippen LogP contribution in [0.2, 0.25) is 5.02 Å². The highest BCUT2D eigenvalue weighted by molar-refractivity contribution is 6.34. The molecule has 1 aliphatic rings. The fourth-order valence-corrected chi connectivity index (χ4v) is 3.86. The zero-order chi connectivity index (χ0) is 21.8. The molecule has 0 spiro atoms. The molecule has 30 heavy (non-hydrogen) atoms. The number of carbonyl (C=O) groups excluding carboxylic acids is 1. The lowest BCUT2D eigenvalue weighted by molar-refractivity contribution is 0.0966. The zero-order valence-electron chi connectivity index (χ0n) is 17.1. The number of anilines is 3. The molecule has 3 N–H and O–H groups in total. The first-order valence-electron chi connectivity index (χ1n) is 9.60. The summed E-state index contributed by atoms with van der Waals surface area (Å²) >= 11 is 6.31. The van der Waals surface area contributed by atoms with E-state index in [0.717, 1.165) is 11.3 Å². The number of fused-ring (bicyclic) bond motifs is 1. The van der Waals surface area contributed by atoms with Crippen LogP contribution in [0.25, 0.3) is 0 Å². The van der Waals surface area contributed by atoms with Crippen molar-refractivity contribution < 1.29 is 9.21 Å². The number of hydrogen-bond donors (Lipinski definition) is 3. The van der Waals surface area contributed by atoms with Crippen molar-refractivity contribution in [2.45, 2.75) is 40.3 Å². The fourth-order valence-electron chi connectivity index (χ4n) is 3.65. The Labute approximate surface area is 178 Å². The average Bonchev–Trinajstić information content (AvgIpc) is 3.27. The Morgan fingerprint density at radius 1 is 1.03 bits per heavy atom. The van der Waals surface area contributed by atoms with Gasteiger partial charge in [-0.3, -0.25) is 14.4 Å². The van der Waals surface area contributed by atoms with Crippen LogP contribution in [0.5, 0.6) is 0 Å². The first kappa shape index (κ1) is 20.2. The number of benzene rings is 1. The third kappa shape index (κ3) is 3.29. The van der Waals surface area contributed by atoms with Gasteiger partial charge in [-0.25, -0.2) is 0 Å². The van der Waals surface area contributed by atoms with Gasteiger partial charge in [0.15, 0.2) is 0 Å². The van der Waals surface area contributed by atoms with E-state index in [2.05, 4.69) is 16.0 Å². The van der Waals surface area contributed by atoms with Crippen molar-refractivity contribution in [2.24, 2.45) is 5.41 Å². The number of amides is 1. The van der Waals surface area contributed by atoms with Crippen molar-refractivity contribution >= 4 is 34.6 Å². The van der Waals surface area contributed by atoms with Crippen molar-refractivity contribution in [1.82, 2.24) is 5.32 Å². The molecule has 1 aromatic heterocycles. The standard InChI is InChI=1S/C22H22ClN3O4/c1-10-5-8-13(30-10)20(22(2,3)4)26-17-16(18(27)19(17)28)25-15-12(23)7-6-11-9-24-21(29)14(11)15/h5-8,20,25-26H,9H2,1-4H3,(H,24,29)/t20-/m0/s1. The molecule has 8 heteroatoms. The van der Waals surface area contributed by atoms with Gasteiger partial charge in [0, 0.05) is 6.54 Å². The summed E-state index contributed by atoms with van der Waals surface area (Å²) in [5.41, 5.74) is 0.131. The summed E-state index contributed by atoms with van der Waals surface area (Å²) in [4.78, 5) is 37.0. The number of carbonyl (C=O) groups is 1. The minimum absolute atomic E-state index is 0.0903. The second-order valence-electron chi connectivity index (χ2n) is 8.56. The fraction of sp³-hybridized carbons (Fsp3) is 0.318. The Morgan fingerprint density at radius 3 is 2.37 bits per heavy atom. The van der Waals surface area contributed by atoms with Crippen LogP contribution in [0.3, 0.4) is 0 Å². The Balaban J connectivity index is 1.72. The van der Waals surface area contributed by atoms with Crippen molar-refractivity contribution in [3.63, 3.8) is 0 Å². The SMILES string of the molecule is Cc1ccc([C@H](Nc2c(Nc3c(Cl)ccc4c3C(=O)NC4)c(=O)c2=O)C(C)(C)C)o1. The summed E-state index contributed by atoms with van der Waals surface area (Å²) < 4.78 is 5.78. The molecule has 0 radical (unpaired) electrons. The molecule has 2 heterocycles. The molecule has 1 aliphatic heterocycles. The van der Waals surface area contributed by atoms with E-state index in [-0.39, 0.29) is 28.7 Å². The number of furan rings is 1. The molecule has 3 aromatic rings. The Bertz CT molecular complexity index is 1230. The van der Waals surface area contributed by atoms with Gasteiger partial charge in [-0.05, 0) is 36.1 Å². The number of halogens is 1. The number of nitrogens with one attached hydrogen (secondary N) is 3. The van der Waals surface area contributed by atoms with E-state index < -0.39 is 10.9 Å². The molecule has 156 valence electrons. The van der Waals surface area contributed by atoms with Crippen LogP contribution in [0, 0.1) is 12.3 Å². The Hall–Kier alpha value is -3.06.